The smallest absolute Gasteiger partial charge is 0.240 e. The first-order valence-corrected chi connectivity index (χ1v) is 11.5. The summed E-state index contributed by atoms with van der Waals surface area (Å²) in [6.07, 6.45) is 1.66. The Morgan fingerprint density at radius 3 is 2.37 bits per heavy atom. The molecule has 174 valence electrons. The normalized spacial score (nSPS) is 24.4. The van der Waals surface area contributed by atoms with Gasteiger partial charge < -0.3 is 0 Å². The lowest BCUT2D eigenvalue weighted by Crippen LogP contribution is -2.44. The fourth-order valence-corrected chi connectivity index (χ4v) is 5.75. The molecule has 0 spiro atoms. The molecule has 0 unspecified atom stereocenters. The molecule has 4 atom stereocenters. The van der Waals surface area contributed by atoms with E-state index >= 15 is 0 Å². The van der Waals surface area contributed by atoms with Crippen molar-refractivity contribution in [1.29, 1.82) is 0 Å². The minimum absolute atomic E-state index is 0.273. The number of hydrogen-bond donors (Lipinski definition) is 0. The van der Waals surface area contributed by atoms with Crippen LogP contribution in [0, 0.1) is 31.5 Å². The number of nitrogens with zero attached hydrogens (tertiary/aromatic N) is 3. The Morgan fingerprint density at radius 2 is 1.63 bits per heavy atom. The third kappa shape index (κ3) is 3.07. The molecule has 0 radical (unpaired) electrons. The summed E-state index contributed by atoms with van der Waals surface area (Å²) in [6.45, 7) is 3.82. The Kier molecular flexibility index (Phi) is 4.71. The molecule has 6 nitrogen and oxygen atoms in total. The third-order valence-corrected chi connectivity index (χ3v) is 7.28. The molecular weight excluding hydrogens is 445 g/mol. The minimum atomic E-state index is -0.979. The van der Waals surface area contributed by atoms with Crippen LogP contribution < -0.4 is 4.90 Å². The summed E-state index contributed by atoms with van der Waals surface area (Å²) in [4.78, 5) is 42.8. The van der Waals surface area contributed by atoms with Crippen LogP contribution in [0.3, 0.4) is 0 Å². The first kappa shape index (κ1) is 21.4. The van der Waals surface area contributed by atoms with Crippen LogP contribution >= 0.6 is 0 Å². The molecule has 6 rings (SSSR count). The molecule has 35 heavy (non-hydrogen) atoms. The molecule has 3 aromatic carbocycles. The molecule has 0 aliphatic carbocycles. The van der Waals surface area contributed by atoms with Crippen LogP contribution in [0.4, 0.5) is 10.1 Å². The van der Waals surface area contributed by atoms with Gasteiger partial charge in [-0.3, -0.25) is 19.4 Å². The van der Waals surface area contributed by atoms with Crippen molar-refractivity contribution in [2.45, 2.75) is 25.9 Å². The van der Waals surface area contributed by atoms with Crippen LogP contribution in [0.2, 0.25) is 0 Å². The molecule has 0 bridgehead atoms. The summed E-state index contributed by atoms with van der Waals surface area (Å²) in [7, 11) is 0. The lowest BCUT2D eigenvalue weighted by Gasteiger charge is -2.34. The fraction of sp³-hybridized carbons (Fsp3) is 0.214. The lowest BCUT2D eigenvalue weighted by molar-refractivity contribution is -0.124. The van der Waals surface area contributed by atoms with Gasteiger partial charge in [-0.1, -0.05) is 42.0 Å². The maximum absolute atomic E-state index is 13.9. The number of Topliss-reactive ketones (excluding diaryl/α,β-unsaturated/α-hetero) is 1. The van der Waals surface area contributed by atoms with Crippen molar-refractivity contribution in [3.63, 3.8) is 0 Å². The zero-order valence-electron chi connectivity index (χ0n) is 19.2. The van der Waals surface area contributed by atoms with Gasteiger partial charge in [0, 0.05) is 5.56 Å². The number of benzene rings is 3. The molecule has 2 fully saturated rings. The van der Waals surface area contributed by atoms with E-state index in [1.807, 2.05) is 50.2 Å². The second-order valence-corrected chi connectivity index (χ2v) is 9.37. The number of amides is 2. The molecule has 2 amide bonds. The van der Waals surface area contributed by atoms with Gasteiger partial charge >= 0.3 is 0 Å². The van der Waals surface area contributed by atoms with Crippen LogP contribution in [0.25, 0.3) is 0 Å². The molecule has 0 saturated carbocycles. The van der Waals surface area contributed by atoms with Crippen LogP contribution in [-0.4, -0.2) is 34.9 Å². The zero-order valence-corrected chi connectivity index (χ0v) is 19.2. The molecular formula is C28H22FN3O3. The summed E-state index contributed by atoms with van der Waals surface area (Å²) in [6, 6.07) is 16.9. The fourth-order valence-electron chi connectivity index (χ4n) is 5.75. The summed E-state index contributed by atoms with van der Waals surface area (Å²) in [5.74, 6) is -3.23. The number of rotatable bonds is 3. The second kappa shape index (κ2) is 7.70. The van der Waals surface area contributed by atoms with Crippen LogP contribution in [-0.2, 0) is 9.59 Å². The number of hydrazone groups is 1. The number of anilines is 1. The van der Waals surface area contributed by atoms with Gasteiger partial charge in [0.15, 0.2) is 5.78 Å². The van der Waals surface area contributed by atoms with Gasteiger partial charge in [-0.15, -0.1) is 0 Å². The SMILES string of the molecule is Cc1ccc(N2C(=O)[C@@H]3[C@H](C2=O)[C@@H]2c4ccccc4C=NN2[C@@H]3C(=O)c2ccc(F)cc2)c(C)c1. The van der Waals surface area contributed by atoms with Gasteiger partial charge in [0.1, 0.15) is 11.9 Å². The van der Waals surface area contributed by atoms with Gasteiger partial charge in [-0.25, -0.2) is 9.29 Å². The van der Waals surface area contributed by atoms with Gasteiger partial charge in [-0.2, -0.15) is 5.10 Å². The topological polar surface area (TPSA) is 70.1 Å². The van der Waals surface area contributed by atoms with Crippen LogP contribution in [0.1, 0.15) is 38.7 Å². The van der Waals surface area contributed by atoms with Gasteiger partial charge in [-0.05, 0) is 60.9 Å². The highest BCUT2D eigenvalue weighted by Gasteiger charge is 2.65. The number of aryl methyl sites for hydroxylation is 2. The first-order valence-electron chi connectivity index (χ1n) is 11.5. The molecule has 3 heterocycles. The van der Waals surface area contributed by atoms with Crippen molar-refractivity contribution in [1.82, 2.24) is 5.01 Å². The van der Waals surface area contributed by atoms with Gasteiger partial charge in [0.05, 0.1) is 29.8 Å². The van der Waals surface area contributed by atoms with Crippen molar-refractivity contribution < 1.29 is 18.8 Å². The number of imide groups is 1. The monoisotopic (exact) mass is 467 g/mol. The number of ketones is 1. The Labute approximate surface area is 201 Å². The maximum atomic E-state index is 13.9. The number of halogens is 1. The summed E-state index contributed by atoms with van der Waals surface area (Å²) >= 11 is 0. The summed E-state index contributed by atoms with van der Waals surface area (Å²) < 4.78 is 13.5. The van der Waals surface area contributed by atoms with Crippen LogP contribution in [0.5, 0.6) is 0 Å². The average Bonchev–Trinajstić information content (AvgIpc) is 3.32. The summed E-state index contributed by atoms with van der Waals surface area (Å²) in [5.41, 5.74) is 4.36. The molecule has 3 aromatic rings. The highest BCUT2D eigenvalue weighted by molar-refractivity contribution is 6.25. The second-order valence-electron chi connectivity index (χ2n) is 9.37. The number of fused-ring (bicyclic) bond motifs is 5. The standard InChI is InChI=1S/C28H22FN3O3/c1-15-7-12-21(16(2)13-15)31-27(34)22-23(28(31)35)25(26(33)17-8-10-19(29)11-9-17)32-24(22)20-6-4-3-5-18(20)14-30-32/h3-14,22-25H,1-2H3/t22-,23+,24-,25-/m0/s1. The highest BCUT2D eigenvalue weighted by atomic mass is 19.1. The van der Waals surface area contributed by atoms with E-state index in [0.29, 0.717) is 5.69 Å². The highest BCUT2D eigenvalue weighted by Crippen LogP contribution is 2.53. The molecule has 3 aliphatic rings. The van der Waals surface area contributed by atoms with Gasteiger partial charge in [0.25, 0.3) is 0 Å². The largest absolute Gasteiger partial charge is 0.292 e. The van der Waals surface area contributed by atoms with E-state index in [1.54, 1.807) is 17.3 Å². The Balaban J connectivity index is 1.50. The van der Waals surface area contributed by atoms with Crippen molar-refractivity contribution in [2.75, 3.05) is 4.90 Å². The van der Waals surface area contributed by atoms with Gasteiger partial charge in [0.2, 0.25) is 11.8 Å². The molecule has 7 heteroatoms. The third-order valence-electron chi connectivity index (χ3n) is 7.28. The average molecular weight is 468 g/mol. The zero-order chi connectivity index (χ0) is 24.4. The number of carbonyl (C=O) groups is 3. The first-order chi connectivity index (χ1) is 16.9. The lowest BCUT2D eigenvalue weighted by atomic mass is 9.83. The van der Waals surface area contributed by atoms with E-state index in [0.717, 1.165) is 22.3 Å². The number of carbonyl (C=O) groups excluding carboxylic acids is 3. The van der Waals surface area contributed by atoms with E-state index < -0.39 is 35.6 Å². The quantitative estimate of drug-likeness (QED) is 0.428. The molecule has 3 aliphatic heterocycles. The Hall–Kier alpha value is -4.13. The van der Waals surface area contributed by atoms with Crippen molar-refractivity contribution >= 4 is 29.5 Å². The van der Waals surface area contributed by atoms with Crippen molar-refractivity contribution in [3.8, 4) is 0 Å². The summed E-state index contributed by atoms with van der Waals surface area (Å²) in [5, 5.41) is 6.16. The van der Waals surface area contributed by atoms with Crippen molar-refractivity contribution in [3.05, 3.63) is 100 Å². The van der Waals surface area contributed by atoms with E-state index in [2.05, 4.69) is 5.10 Å². The molecule has 0 aromatic heterocycles. The Morgan fingerprint density at radius 1 is 0.914 bits per heavy atom. The predicted octanol–water partition coefficient (Wildman–Crippen LogP) is 4.20. The maximum Gasteiger partial charge on any atom is 0.240 e. The van der Waals surface area contributed by atoms with E-state index in [9.17, 15) is 18.8 Å². The molecule has 0 N–H and O–H groups in total. The Bertz CT molecular complexity index is 1430. The molecule has 2 saturated heterocycles. The van der Waals surface area contributed by atoms with E-state index in [1.165, 1.54) is 29.2 Å². The predicted molar refractivity (Wildman–Crippen MR) is 129 cm³/mol. The minimum Gasteiger partial charge on any atom is -0.292 e. The number of hydrogen-bond acceptors (Lipinski definition) is 5. The van der Waals surface area contributed by atoms with E-state index in [4.69, 9.17) is 0 Å². The van der Waals surface area contributed by atoms with Crippen molar-refractivity contribution in [2.24, 2.45) is 16.9 Å². The van der Waals surface area contributed by atoms with Crippen LogP contribution in [0.15, 0.2) is 71.8 Å². The van der Waals surface area contributed by atoms with E-state index in [-0.39, 0.29) is 17.3 Å².